The summed E-state index contributed by atoms with van der Waals surface area (Å²) in [5.41, 5.74) is 0. The molecular formula is C2H4FO2P. The molecule has 0 saturated heterocycles. The maximum absolute atomic E-state index is 11.5. The number of carboxylic acid groups (broad SMARTS) is 1. The first-order valence-electron chi connectivity index (χ1n) is 1.66. The minimum Gasteiger partial charge on any atom is -0.479 e. The molecule has 0 spiro atoms. The molecule has 0 aromatic rings. The summed E-state index contributed by atoms with van der Waals surface area (Å²) in [5, 5.41) is 7.67. The molecule has 0 fully saturated rings. The van der Waals surface area contributed by atoms with Crippen molar-refractivity contribution in [3.63, 3.8) is 0 Å². The summed E-state index contributed by atoms with van der Waals surface area (Å²) in [4.78, 5) is 9.44. The van der Waals surface area contributed by atoms with Crippen LogP contribution in [0.3, 0.4) is 0 Å². The van der Waals surface area contributed by atoms with Crippen molar-refractivity contribution < 1.29 is 15.7 Å². The van der Waals surface area contributed by atoms with Crippen LogP contribution in [0.5, 0.6) is 0 Å². The number of carboxylic acids is 1. The molecule has 6 heavy (non-hydrogen) atoms. The Morgan fingerprint density at radius 2 is 2.50 bits per heavy atom. The molecule has 0 aliphatic rings. The Labute approximate surface area is 38.0 Å². The first-order valence-corrected chi connectivity index (χ1v) is 1.73. The van der Waals surface area contributed by atoms with E-state index in [2.05, 4.69) is 0 Å². The van der Waals surface area contributed by atoms with Crippen molar-refractivity contribution in [3.8, 4) is 0 Å². The highest BCUT2D eigenvalue weighted by Gasteiger charge is 2.04. The van der Waals surface area contributed by atoms with E-state index in [9.17, 15) is 9.18 Å². The van der Waals surface area contributed by atoms with Gasteiger partial charge in [0, 0.05) is 0 Å². The van der Waals surface area contributed by atoms with Gasteiger partial charge in [0.25, 0.3) is 0 Å². The fourth-order valence-electron chi connectivity index (χ4n) is 0. The second-order valence-corrected chi connectivity index (χ2v) is 1.16. The average Bonchev–Trinajstić information content (AvgIpc) is 1.31. The van der Waals surface area contributed by atoms with Crippen LogP contribution in [0.15, 0.2) is 0 Å². The maximum atomic E-state index is 11.5. The predicted octanol–water partition coefficient (Wildman–Crippen LogP) is 0.242. The fraction of sp³-hybridized carbons (Fsp3) is 0.500. The van der Waals surface area contributed by atoms with Crippen molar-refractivity contribution in [1.29, 1.82) is 0 Å². The third kappa shape index (κ3) is 2.09. The Hall–Kier alpha value is -0.170. The van der Waals surface area contributed by atoms with E-state index < -0.39 is 11.9 Å². The molecule has 0 aromatic heterocycles. The summed E-state index contributed by atoms with van der Waals surface area (Å²) in [7, 11) is 1.23. The van der Waals surface area contributed by atoms with Crippen LogP contribution in [-0.4, -0.2) is 17.0 Å². The lowest BCUT2D eigenvalue weighted by atomic mass is 10.8. The summed E-state index contributed by atoms with van der Waals surface area (Å²) in [6.07, 6.45) is 0. The highest BCUT2D eigenvalue weighted by Crippen LogP contribution is 1.98. The highest BCUT2D eigenvalue weighted by molar-refractivity contribution is 7.19. The van der Waals surface area contributed by atoms with Crippen molar-refractivity contribution >= 4 is 15.2 Å². The third-order valence-corrected chi connectivity index (χ3v) is 0.451. The summed E-state index contributed by atoms with van der Waals surface area (Å²) >= 11 is 0. The van der Waals surface area contributed by atoms with Gasteiger partial charge in [0.2, 0.25) is 5.89 Å². The molecule has 0 aliphatic carbocycles. The van der Waals surface area contributed by atoms with Gasteiger partial charge in [0.05, 0.1) is 1.37 Å². The number of rotatable bonds is 1. The van der Waals surface area contributed by atoms with Crippen LogP contribution in [-0.2, 0) is 4.79 Å². The minimum atomic E-state index is -2.92. The smallest absolute Gasteiger partial charge is 0.342 e. The fourth-order valence-corrected chi connectivity index (χ4v) is 0. The zero-order valence-corrected chi connectivity index (χ0v) is 3.97. The van der Waals surface area contributed by atoms with Crippen LogP contribution in [0.1, 0.15) is 1.37 Å². The summed E-state index contributed by atoms with van der Waals surface area (Å²) < 4.78 is 17.6. The SMILES string of the molecule is [2H]C(F)(P)C(=O)O. The molecule has 0 heterocycles. The second-order valence-electron chi connectivity index (χ2n) is 0.653. The number of halogens is 1. The molecule has 1 N–H and O–H groups in total. The standard InChI is InChI=1S/C2H4FO2P/c3-1(6)2(4)5/h1H,6H2,(H,4,5)/i1D. The molecule has 0 saturated carbocycles. The van der Waals surface area contributed by atoms with E-state index in [-0.39, 0.29) is 0 Å². The number of hydrogen-bond donors (Lipinski definition) is 1. The van der Waals surface area contributed by atoms with E-state index in [0.717, 1.165) is 0 Å². The van der Waals surface area contributed by atoms with Gasteiger partial charge in [-0.3, -0.25) is 0 Å². The lowest BCUT2D eigenvalue weighted by Gasteiger charge is -1.85. The quantitative estimate of drug-likeness (QED) is 0.492. The molecule has 2 unspecified atom stereocenters. The predicted molar refractivity (Wildman–Crippen MR) is 22.2 cm³/mol. The normalized spacial score (nSPS) is 21.3. The van der Waals surface area contributed by atoms with Gasteiger partial charge in [-0.2, -0.15) is 0 Å². The molecular weight excluding hydrogens is 106 g/mol. The maximum Gasteiger partial charge on any atom is 0.342 e. The zero-order valence-electron chi connectivity index (χ0n) is 3.81. The number of alkyl halides is 1. The summed E-state index contributed by atoms with van der Waals surface area (Å²) in [6, 6.07) is 0. The molecule has 0 bridgehead atoms. The van der Waals surface area contributed by atoms with Gasteiger partial charge < -0.3 is 5.11 Å². The van der Waals surface area contributed by atoms with Crippen molar-refractivity contribution in [1.82, 2.24) is 0 Å². The lowest BCUT2D eigenvalue weighted by Crippen LogP contribution is -2.04. The van der Waals surface area contributed by atoms with Gasteiger partial charge in [-0.25, -0.2) is 9.18 Å². The van der Waals surface area contributed by atoms with Crippen LogP contribution in [0.25, 0.3) is 0 Å². The molecule has 0 aliphatic heterocycles. The van der Waals surface area contributed by atoms with Crippen molar-refractivity contribution in [2.24, 2.45) is 0 Å². The van der Waals surface area contributed by atoms with E-state index in [4.69, 9.17) is 6.48 Å². The lowest BCUT2D eigenvalue weighted by molar-refractivity contribution is -0.139. The Morgan fingerprint density at radius 1 is 2.33 bits per heavy atom. The van der Waals surface area contributed by atoms with Gasteiger partial charge >= 0.3 is 5.97 Å². The van der Waals surface area contributed by atoms with Crippen molar-refractivity contribution in [3.05, 3.63) is 0 Å². The van der Waals surface area contributed by atoms with Crippen LogP contribution < -0.4 is 0 Å². The molecule has 0 aromatic carbocycles. The highest BCUT2D eigenvalue weighted by atomic mass is 31.0. The Morgan fingerprint density at radius 3 is 2.50 bits per heavy atom. The first kappa shape index (κ1) is 4.00. The van der Waals surface area contributed by atoms with E-state index in [1.807, 2.05) is 0 Å². The van der Waals surface area contributed by atoms with Crippen LogP contribution >= 0.6 is 9.24 Å². The molecule has 0 radical (unpaired) electrons. The largest absolute Gasteiger partial charge is 0.479 e. The van der Waals surface area contributed by atoms with E-state index in [1.165, 1.54) is 9.24 Å². The monoisotopic (exact) mass is 111 g/mol. The first-order chi connectivity index (χ1) is 2.94. The molecule has 0 rings (SSSR count). The topological polar surface area (TPSA) is 37.3 Å². The average molecular weight is 111 g/mol. The zero-order chi connectivity index (χ0) is 6.08. The van der Waals surface area contributed by atoms with Gasteiger partial charge in [-0.15, -0.1) is 0 Å². The second kappa shape index (κ2) is 2.08. The number of carbonyl (C=O) groups is 1. The molecule has 2 atom stereocenters. The van der Waals surface area contributed by atoms with Crippen molar-refractivity contribution in [2.75, 3.05) is 0 Å². The molecule has 36 valence electrons. The van der Waals surface area contributed by atoms with Gasteiger partial charge in [-0.05, 0) is 0 Å². The Kier molecular flexibility index (Phi) is 1.39. The van der Waals surface area contributed by atoms with Crippen LogP contribution in [0, 0.1) is 0 Å². The number of hydrogen-bond acceptors (Lipinski definition) is 1. The molecule has 2 nitrogen and oxygen atoms in total. The molecule has 4 heteroatoms. The third-order valence-electron chi connectivity index (χ3n) is 0.204. The van der Waals surface area contributed by atoms with E-state index in [0.29, 0.717) is 0 Å². The van der Waals surface area contributed by atoms with E-state index in [1.54, 1.807) is 0 Å². The van der Waals surface area contributed by atoms with Gasteiger partial charge in [0.1, 0.15) is 0 Å². The Bertz CT molecular complexity index is 88.2. The summed E-state index contributed by atoms with van der Waals surface area (Å²) in [5.74, 6) is -4.71. The molecule has 0 amide bonds. The van der Waals surface area contributed by atoms with Crippen LogP contribution in [0.2, 0.25) is 0 Å². The number of aliphatic carboxylic acids is 1. The van der Waals surface area contributed by atoms with Gasteiger partial charge in [-0.1, -0.05) is 9.24 Å². The van der Waals surface area contributed by atoms with Crippen molar-refractivity contribution in [2.45, 2.75) is 5.89 Å². The van der Waals surface area contributed by atoms with Gasteiger partial charge in [0.15, 0.2) is 0 Å². The summed E-state index contributed by atoms with van der Waals surface area (Å²) in [6.45, 7) is 0. The minimum absolute atomic E-state index is 1.23. The van der Waals surface area contributed by atoms with Crippen LogP contribution in [0.4, 0.5) is 4.39 Å². The Balaban J connectivity index is 3.79. The van der Waals surface area contributed by atoms with E-state index >= 15 is 0 Å².